The van der Waals surface area contributed by atoms with Crippen molar-refractivity contribution in [2.75, 3.05) is 19.7 Å². The second kappa shape index (κ2) is 7.35. The van der Waals surface area contributed by atoms with E-state index in [0.29, 0.717) is 0 Å². The SMILES string of the molecule is O=C(O)CC1CN(C(=O)c2cn(-c3ccccc3C(F)(F)F)nn2)CCO1. The Kier molecular flexibility index (Phi) is 5.13. The van der Waals surface area contributed by atoms with Gasteiger partial charge in [-0.25, -0.2) is 4.68 Å². The van der Waals surface area contributed by atoms with E-state index >= 15 is 0 Å². The van der Waals surface area contributed by atoms with E-state index in [-0.39, 0.29) is 37.5 Å². The fourth-order valence-corrected chi connectivity index (χ4v) is 2.78. The molecule has 0 radical (unpaired) electrons. The van der Waals surface area contributed by atoms with Gasteiger partial charge in [0.05, 0.1) is 36.6 Å². The van der Waals surface area contributed by atoms with Gasteiger partial charge in [-0.3, -0.25) is 9.59 Å². The molecule has 2 aromatic rings. The molecule has 0 spiro atoms. The Morgan fingerprint density at radius 1 is 1.30 bits per heavy atom. The summed E-state index contributed by atoms with van der Waals surface area (Å²) < 4.78 is 45.6. The molecule has 1 aliphatic rings. The molecule has 3 rings (SSSR count). The van der Waals surface area contributed by atoms with Crippen molar-refractivity contribution in [2.24, 2.45) is 0 Å². The Bertz CT molecular complexity index is 852. The van der Waals surface area contributed by atoms with E-state index in [4.69, 9.17) is 9.84 Å². The van der Waals surface area contributed by atoms with E-state index in [0.717, 1.165) is 16.9 Å². The Labute approximate surface area is 151 Å². The minimum atomic E-state index is -4.58. The summed E-state index contributed by atoms with van der Waals surface area (Å²) in [6.07, 6.45) is -4.37. The Morgan fingerprint density at radius 2 is 2.04 bits per heavy atom. The van der Waals surface area contributed by atoms with Crippen molar-refractivity contribution in [1.82, 2.24) is 19.9 Å². The zero-order valence-electron chi connectivity index (χ0n) is 13.9. The fourth-order valence-electron chi connectivity index (χ4n) is 2.78. The minimum absolute atomic E-state index is 0.0527. The van der Waals surface area contributed by atoms with Crippen molar-refractivity contribution >= 4 is 11.9 Å². The zero-order chi connectivity index (χ0) is 19.6. The fraction of sp³-hybridized carbons (Fsp3) is 0.375. The lowest BCUT2D eigenvalue weighted by atomic mass is 10.1. The third-order valence-corrected chi connectivity index (χ3v) is 4.00. The van der Waals surface area contributed by atoms with Gasteiger partial charge < -0.3 is 14.7 Å². The third kappa shape index (κ3) is 4.25. The number of morpholine rings is 1. The van der Waals surface area contributed by atoms with Gasteiger partial charge in [0, 0.05) is 13.1 Å². The van der Waals surface area contributed by atoms with Crippen molar-refractivity contribution in [3.63, 3.8) is 0 Å². The number of carbonyl (C=O) groups is 2. The quantitative estimate of drug-likeness (QED) is 0.860. The van der Waals surface area contributed by atoms with Crippen LogP contribution in [0.3, 0.4) is 0 Å². The van der Waals surface area contributed by atoms with E-state index in [1.807, 2.05) is 0 Å². The number of hydrogen-bond donors (Lipinski definition) is 1. The van der Waals surface area contributed by atoms with E-state index < -0.39 is 29.7 Å². The molecule has 1 saturated heterocycles. The Balaban J connectivity index is 1.80. The molecule has 1 unspecified atom stereocenters. The second-order valence-corrected chi connectivity index (χ2v) is 5.91. The first-order valence-electron chi connectivity index (χ1n) is 7.97. The summed E-state index contributed by atoms with van der Waals surface area (Å²) in [7, 11) is 0. The lowest BCUT2D eigenvalue weighted by Gasteiger charge is -2.31. The van der Waals surface area contributed by atoms with Crippen molar-refractivity contribution in [3.05, 3.63) is 41.7 Å². The van der Waals surface area contributed by atoms with Crippen molar-refractivity contribution in [2.45, 2.75) is 18.7 Å². The van der Waals surface area contributed by atoms with E-state index in [9.17, 15) is 22.8 Å². The summed E-state index contributed by atoms with van der Waals surface area (Å²) in [5.74, 6) is -1.60. The maximum absolute atomic E-state index is 13.1. The monoisotopic (exact) mass is 384 g/mol. The van der Waals surface area contributed by atoms with Crippen LogP contribution >= 0.6 is 0 Å². The van der Waals surface area contributed by atoms with Crippen LogP contribution in [0.15, 0.2) is 30.5 Å². The standard InChI is InChI=1S/C16H15F3N4O4/c17-16(18,19)11-3-1-2-4-13(11)23-9-12(20-21-23)15(26)22-5-6-27-10(8-22)7-14(24)25/h1-4,9-10H,5-8H2,(H,24,25). The molecule has 0 aliphatic carbocycles. The molecule has 0 bridgehead atoms. The number of amides is 1. The van der Waals surface area contributed by atoms with Crippen LogP contribution < -0.4 is 0 Å². The largest absolute Gasteiger partial charge is 0.481 e. The first-order valence-corrected chi connectivity index (χ1v) is 7.97. The second-order valence-electron chi connectivity index (χ2n) is 5.91. The molecule has 1 N–H and O–H groups in total. The molecule has 1 atom stereocenters. The predicted octanol–water partition coefficient (Wildman–Crippen LogP) is 1.60. The van der Waals surface area contributed by atoms with Gasteiger partial charge in [0.25, 0.3) is 5.91 Å². The average molecular weight is 384 g/mol. The highest BCUT2D eigenvalue weighted by Crippen LogP contribution is 2.33. The lowest BCUT2D eigenvalue weighted by molar-refractivity contribution is -0.141. The van der Waals surface area contributed by atoms with Crippen LogP contribution in [0.4, 0.5) is 13.2 Å². The topological polar surface area (TPSA) is 97.6 Å². The highest BCUT2D eigenvalue weighted by Gasteiger charge is 2.34. The smallest absolute Gasteiger partial charge is 0.418 e. The Hall–Kier alpha value is -2.95. The molecule has 11 heteroatoms. The first kappa shape index (κ1) is 18.8. The van der Waals surface area contributed by atoms with Crippen molar-refractivity contribution < 1.29 is 32.6 Å². The molecule has 144 valence electrons. The van der Waals surface area contributed by atoms with Crippen LogP contribution in [0, 0.1) is 0 Å². The number of aliphatic carboxylic acids is 1. The number of aromatic nitrogens is 3. The molecule has 1 aromatic carbocycles. The van der Waals surface area contributed by atoms with E-state index in [2.05, 4.69) is 10.3 Å². The number of carboxylic acid groups (broad SMARTS) is 1. The molecule has 1 fully saturated rings. The van der Waals surface area contributed by atoms with Crippen molar-refractivity contribution in [3.8, 4) is 5.69 Å². The molecule has 27 heavy (non-hydrogen) atoms. The van der Waals surface area contributed by atoms with Gasteiger partial charge in [-0.15, -0.1) is 5.10 Å². The number of benzene rings is 1. The van der Waals surface area contributed by atoms with Gasteiger partial charge >= 0.3 is 12.1 Å². The highest BCUT2D eigenvalue weighted by molar-refractivity contribution is 5.92. The zero-order valence-corrected chi connectivity index (χ0v) is 13.9. The summed E-state index contributed by atoms with van der Waals surface area (Å²) >= 11 is 0. The Morgan fingerprint density at radius 3 is 2.74 bits per heavy atom. The summed E-state index contributed by atoms with van der Waals surface area (Å²) in [4.78, 5) is 24.7. The molecular weight excluding hydrogens is 369 g/mol. The van der Waals surface area contributed by atoms with Crippen molar-refractivity contribution in [1.29, 1.82) is 0 Å². The van der Waals surface area contributed by atoms with E-state index in [1.165, 1.54) is 23.1 Å². The van der Waals surface area contributed by atoms with Crippen LogP contribution in [0.5, 0.6) is 0 Å². The average Bonchev–Trinajstić information content (AvgIpc) is 3.10. The number of carbonyl (C=O) groups excluding carboxylic acids is 1. The van der Waals surface area contributed by atoms with Crippen LogP contribution in [0.1, 0.15) is 22.5 Å². The van der Waals surface area contributed by atoms with Crippen LogP contribution in [-0.2, 0) is 15.7 Å². The molecule has 1 amide bonds. The summed E-state index contributed by atoms with van der Waals surface area (Å²) in [6, 6.07) is 4.82. The minimum Gasteiger partial charge on any atom is -0.481 e. The first-order chi connectivity index (χ1) is 12.8. The number of para-hydroxylation sites is 1. The van der Waals surface area contributed by atoms with E-state index in [1.54, 1.807) is 0 Å². The molecule has 2 heterocycles. The number of alkyl halides is 3. The number of rotatable bonds is 4. The van der Waals surface area contributed by atoms with Gasteiger partial charge in [-0.05, 0) is 12.1 Å². The number of ether oxygens (including phenoxy) is 1. The number of halogens is 3. The molecule has 8 nitrogen and oxygen atoms in total. The normalized spacial score (nSPS) is 17.7. The molecule has 1 aliphatic heterocycles. The third-order valence-electron chi connectivity index (χ3n) is 4.00. The summed E-state index contributed by atoms with van der Waals surface area (Å²) in [5, 5.41) is 16.1. The lowest BCUT2D eigenvalue weighted by Crippen LogP contribution is -2.46. The van der Waals surface area contributed by atoms with Crippen LogP contribution in [0.25, 0.3) is 5.69 Å². The summed E-state index contributed by atoms with van der Waals surface area (Å²) in [5.41, 5.74) is -1.29. The van der Waals surface area contributed by atoms with Gasteiger partial charge in [0.15, 0.2) is 5.69 Å². The molecule has 0 saturated carbocycles. The van der Waals surface area contributed by atoms with Gasteiger partial charge in [-0.1, -0.05) is 17.3 Å². The maximum atomic E-state index is 13.1. The molecular formula is C16H15F3N4O4. The van der Waals surface area contributed by atoms with Crippen LogP contribution in [0.2, 0.25) is 0 Å². The predicted molar refractivity (Wildman–Crippen MR) is 84.3 cm³/mol. The van der Waals surface area contributed by atoms with Crippen LogP contribution in [-0.4, -0.2) is 62.7 Å². The highest BCUT2D eigenvalue weighted by atomic mass is 19.4. The maximum Gasteiger partial charge on any atom is 0.418 e. The molecule has 1 aromatic heterocycles. The number of hydrogen-bond acceptors (Lipinski definition) is 5. The summed E-state index contributed by atoms with van der Waals surface area (Å²) in [6.45, 7) is 0.437. The van der Waals surface area contributed by atoms with Gasteiger partial charge in [0.2, 0.25) is 0 Å². The van der Waals surface area contributed by atoms with Gasteiger partial charge in [0.1, 0.15) is 0 Å². The number of nitrogens with zero attached hydrogens (tertiary/aromatic N) is 4. The number of carboxylic acids is 1. The van der Waals surface area contributed by atoms with Gasteiger partial charge in [-0.2, -0.15) is 13.2 Å².